The molecule has 0 aliphatic carbocycles. The average molecular weight is 433 g/mol. The summed E-state index contributed by atoms with van der Waals surface area (Å²) in [6.07, 6.45) is 14.4. The Morgan fingerprint density at radius 1 is 0.774 bits per heavy atom. The fourth-order valence-corrected chi connectivity index (χ4v) is 3.86. The molecule has 31 heavy (non-hydrogen) atoms. The van der Waals surface area contributed by atoms with E-state index in [-0.39, 0.29) is 0 Å². The lowest BCUT2D eigenvalue weighted by Gasteiger charge is -2.26. The molecule has 176 valence electrons. The smallest absolute Gasteiger partial charge is 0.328 e. The summed E-state index contributed by atoms with van der Waals surface area (Å²) in [5, 5.41) is 0. The van der Waals surface area contributed by atoms with Crippen LogP contribution >= 0.6 is 0 Å². The first-order chi connectivity index (χ1) is 15.0. The van der Waals surface area contributed by atoms with Crippen LogP contribution in [0.15, 0.2) is 24.3 Å². The van der Waals surface area contributed by atoms with Crippen molar-refractivity contribution in [3.63, 3.8) is 0 Å². The van der Waals surface area contributed by atoms with Gasteiger partial charge in [-0.15, -0.1) is 0 Å². The summed E-state index contributed by atoms with van der Waals surface area (Å²) in [6.45, 7) is 8.23. The molecular weight excluding hydrogens is 388 g/mol. The maximum Gasteiger partial charge on any atom is 0.328 e. The van der Waals surface area contributed by atoms with Crippen LogP contribution in [0.1, 0.15) is 110 Å². The van der Waals surface area contributed by atoms with Crippen molar-refractivity contribution >= 4 is 11.9 Å². The number of hydrogen-bond acceptors (Lipinski definition) is 4. The molecule has 0 unspecified atom stereocenters. The number of rotatable bonds is 17. The highest BCUT2D eigenvalue weighted by Crippen LogP contribution is 2.31. The Balaban J connectivity index is 2.31. The molecule has 0 spiro atoms. The monoisotopic (exact) mass is 432 g/mol. The minimum Gasteiger partial charge on any atom is -0.465 e. The molecule has 0 aromatic heterocycles. The summed E-state index contributed by atoms with van der Waals surface area (Å²) in [5.74, 6) is -0.510. The van der Waals surface area contributed by atoms with Gasteiger partial charge in [-0.3, -0.25) is 9.59 Å². The quantitative estimate of drug-likeness (QED) is 0.110. The molecule has 0 saturated carbocycles. The van der Waals surface area contributed by atoms with E-state index >= 15 is 0 Å². The zero-order chi connectivity index (χ0) is 23.0. The summed E-state index contributed by atoms with van der Waals surface area (Å²) in [5.41, 5.74) is -0.232. The third-order valence-electron chi connectivity index (χ3n) is 6.17. The van der Waals surface area contributed by atoms with Crippen molar-refractivity contribution in [3.8, 4) is 5.75 Å². The molecule has 0 heterocycles. The normalized spacial score (nSPS) is 11.4. The zero-order valence-corrected chi connectivity index (χ0v) is 20.3. The summed E-state index contributed by atoms with van der Waals surface area (Å²) in [4.78, 5) is 25.6. The van der Waals surface area contributed by atoms with Gasteiger partial charge in [-0.05, 0) is 43.9 Å². The molecule has 0 aliphatic rings. The maximum absolute atomic E-state index is 12.8. The SMILES string of the molecule is CCCCCCCCCCCCCOC(=O)C(CC)(CC)C(=O)Oc1cccc(C)c1. The van der Waals surface area contributed by atoms with Crippen molar-refractivity contribution in [2.24, 2.45) is 5.41 Å². The Morgan fingerprint density at radius 2 is 1.32 bits per heavy atom. The molecule has 0 bridgehead atoms. The van der Waals surface area contributed by atoms with Crippen LogP contribution in [0.5, 0.6) is 5.75 Å². The van der Waals surface area contributed by atoms with E-state index in [1.807, 2.05) is 32.9 Å². The predicted octanol–water partition coefficient (Wildman–Crippen LogP) is 7.56. The second-order valence-corrected chi connectivity index (χ2v) is 8.67. The van der Waals surface area contributed by atoms with Crippen LogP contribution in [0.3, 0.4) is 0 Å². The number of aryl methyl sites for hydroxylation is 1. The van der Waals surface area contributed by atoms with Crippen LogP contribution in [0.4, 0.5) is 0 Å². The molecule has 0 radical (unpaired) electrons. The van der Waals surface area contributed by atoms with Crippen molar-refractivity contribution in [2.75, 3.05) is 6.61 Å². The molecule has 0 saturated heterocycles. The lowest BCUT2D eigenvalue weighted by Crippen LogP contribution is -2.42. The number of esters is 2. The Morgan fingerprint density at radius 3 is 1.84 bits per heavy atom. The highest BCUT2D eigenvalue weighted by atomic mass is 16.6. The van der Waals surface area contributed by atoms with Gasteiger partial charge in [-0.2, -0.15) is 0 Å². The zero-order valence-electron chi connectivity index (χ0n) is 20.3. The van der Waals surface area contributed by atoms with Crippen LogP contribution in [0, 0.1) is 12.3 Å². The lowest BCUT2D eigenvalue weighted by atomic mass is 9.82. The number of hydrogen-bond donors (Lipinski definition) is 0. The Bertz CT molecular complexity index is 634. The van der Waals surface area contributed by atoms with Gasteiger partial charge in [0, 0.05) is 0 Å². The predicted molar refractivity (Wildman–Crippen MR) is 127 cm³/mol. The molecule has 0 aliphatic heterocycles. The van der Waals surface area contributed by atoms with Gasteiger partial charge in [-0.25, -0.2) is 0 Å². The van der Waals surface area contributed by atoms with Crippen LogP contribution in [0.25, 0.3) is 0 Å². The largest absolute Gasteiger partial charge is 0.465 e. The van der Waals surface area contributed by atoms with E-state index in [4.69, 9.17) is 9.47 Å². The van der Waals surface area contributed by atoms with Crippen molar-refractivity contribution in [2.45, 2.75) is 111 Å². The van der Waals surface area contributed by atoms with E-state index in [1.54, 1.807) is 12.1 Å². The Kier molecular flexibility index (Phi) is 13.9. The minimum absolute atomic E-state index is 0.366. The summed E-state index contributed by atoms with van der Waals surface area (Å²) < 4.78 is 11.1. The molecule has 0 amide bonds. The molecule has 0 fully saturated rings. The van der Waals surface area contributed by atoms with Gasteiger partial charge < -0.3 is 9.47 Å². The number of carbonyl (C=O) groups excluding carboxylic acids is 2. The number of unbranched alkanes of at least 4 members (excludes halogenated alkanes) is 10. The first kappa shape index (κ1) is 27.2. The van der Waals surface area contributed by atoms with E-state index in [9.17, 15) is 9.59 Å². The maximum atomic E-state index is 12.8. The van der Waals surface area contributed by atoms with Crippen molar-refractivity contribution in [1.29, 1.82) is 0 Å². The third kappa shape index (κ3) is 9.88. The Hall–Kier alpha value is -1.84. The third-order valence-corrected chi connectivity index (χ3v) is 6.17. The highest BCUT2D eigenvalue weighted by molar-refractivity contribution is 6.00. The molecular formula is C27H44O4. The van der Waals surface area contributed by atoms with Crippen molar-refractivity contribution in [1.82, 2.24) is 0 Å². The van der Waals surface area contributed by atoms with Gasteiger partial charge in [0.25, 0.3) is 0 Å². The van der Waals surface area contributed by atoms with E-state index in [0.29, 0.717) is 25.2 Å². The van der Waals surface area contributed by atoms with E-state index in [1.165, 1.54) is 57.8 Å². The molecule has 0 N–H and O–H groups in total. The fourth-order valence-electron chi connectivity index (χ4n) is 3.86. The van der Waals surface area contributed by atoms with E-state index in [0.717, 1.165) is 18.4 Å². The first-order valence-corrected chi connectivity index (χ1v) is 12.5. The van der Waals surface area contributed by atoms with Crippen molar-refractivity contribution in [3.05, 3.63) is 29.8 Å². The first-order valence-electron chi connectivity index (χ1n) is 12.5. The van der Waals surface area contributed by atoms with Gasteiger partial charge >= 0.3 is 11.9 Å². The standard InChI is InChI=1S/C27H44O4/c1-5-8-9-10-11-12-13-14-15-16-17-21-30-25(28)27(6-2,7-3)26(29)31-24-20-18-19-23(4)22-24/h18-20,22H,5-17,21H2,1-4H3. The molecule has 4 nitrogen and oxygen atoms in total. The van der Waals surface area contributed by atoms with Crippen LogP contribution in [-0.4, -0.2) is 18.5 Å². The summed E-state index contributed by atoms with van der Waals surface area (Å²) >= 11 is 0. The fraction of sp³-hybridized carbons (Fsp3) is 0.704. The van der Waals surface area contributed by atoms with Gasteiger partial charge in [0.05, 0.1) is 6.61 Å². The molecule has 4 heteroatoms. The highest BCUT2D eigenvalue weighted by Gasteiger charge is 2.46. The van der Waals surface area contributed by atoms with E-state index < -0.39 is 17.4 Å². The topological polar surface area (TPSA) is 52.6 Å². The Labute approximate surface area is 190 Å². The molecule has 0 atom stereocenters. The summed E-state index contributed by atoms with van der Waals surface area (Å²) in [6, 6.07) is 7.30. The van der Waals surface area contributed by atoms with Crippen LogP contribution in [-0.2, 0) is 14.3 Å². The van der Waals surface area contributed by atoms with Gasteiger partial charge in [0.2, 0.25) is 0 Å². The minimum atomic E-state index is -1.23. The van der Waals surface area contributed by atoms with Gasteiger partial charge in [0.15, 0.2) is 5.41 Å². The van der Waals surface area contributed by atoms with Gasteiger partial charge in [0.1, 0.15) is 5.75 Å². The second kappa shape index (κ2) is 15.9. The second-order valence-electron chi connectivity index (χ2n) is 8.67. The van der Waals surface area contributed by atoms with E-state index in [2.05, 4.69) is 6.92 Å². The number of ether oxygens (including phenoxy) is 2. The van der Waals surface area contributed by atoms with Crippen LogP contribution in [0.2, 0.25) is 0 Å². The van der Waals surface area contributed by atoms with Crippen molar-refractivity contribution < 1.29 is 19.1 Å². The number of carbonyl (C=O) groups is 2. The summed E-state index contributed by atoms with van der Waals surface area (Å²) in [7, 11) is 0. The van der Waals surface area contributed by atoms with Gasteiger partial charge in [-0.1, -0.05) is 97.1 Å². The average Bonchev–Trinajstić information content (AvgIpc) is 2.76. The lowest BCUT2D eigenvalue weighted by molar-refractivity contribution is -0.168. The molecule has 1 aromatic rings. The number of benzene rings is 1. The van der Waals surface area contributed by atoms with Crippen LogP contribution < -0.4 is 4.74 Å². The molecule has 1 aromatic carbocycles. The molecule has 1 rings (SSSR count).